The quantitative estimate of drug-likeness (QED) is 0.747. The number of amides is 1. The Morgan fingerprint density at radius 2 is 2.31 bits per heavy atom. The van der Waals surface area contributed by atoms with Gasteiger partial charge >= 0.3 is 0 Å². The summed E-state index contributed by atoms with van der Waals surface area (Å²) in [6.45, 7) is 0.935. The number of rotatable bonds is 4. The Hall–Kier alpha value is -1.62. The molecule has 1 saturated carbocycles. The van der Waals surface area contributed by atoms with Crippen molar-refractivity contribution in [1.82, 2.24) is 9.88 Å². The molecule has 1 aromatic rings. The first-order valence-corrected chi connectivity index (χ1v) is 5.42. The third-order valence-electron chi connectivity index (χ3n) is 2.67. The average molecular weight is 221 g/mol. The lowest BCUT2D eigenvalue weighted by atomic mass is 10.2. The fourth-order valence-corrected chi connectivity index (χ4v) is 1.71. The van der Waals surface area contributed by atoms with Gasteiger partial charge in [0.05, 0.1) is 0 Å². The average Bonchev–Trinajstić information content (AvgIpc) is 3.09. The van der Waals surface area contributed by atoms with Gasteiger partial charge < -0.3 is 15.6 Å². The molecule has 0 unspecified atom stereocenters. The van der Waals surface area contributed by atoms with Crippen molar-refractivity contribution in [3.8, 4) is 0 Å². The summed E-state index contributed by atoms with van der Waals surface area (Å²) in [5, 5.41) is 0. The Labute approximate surface area is 93.3 Å². The number of nitrogens with one attached hydrogen (secondary N) is 1. The molecule has 0 aliphatic heterocycles. The number of carbonyl (C=O) groups excluding carboxylic acids is 1. The van der Waals surface area contributed by atoms with E-state index in [2.05, 4.69) is 4.98 Å². The van der Waals surface area contributed by atoms with Crippen molar-refractivity contribution in [3.63, 3.8) is 0 Å². The maximum absolute atomic E-state index is 12.1. The van der Waals surface area contributed by atoms with E-state index in [9.17, 15) is 9.59 Å². The summed E-state index contributed by atoms with van der Waals surface area (Å²) in [4.78, 5) is 28.1. The van der Waals surface area contributed by atoms with Crippen molar-refractivity contribution in [1.29, 1.82) is 0 Å². The van der Waals surface area contributed by atoms with E-state index in [4.69, 9.17) is 5.73 Å². The predicted octanol–water partition coefficient (Wildman–Crippen LogP) is -0.0618. The number of hydrogen-bond acceptors (Lipinski definition) is 3. The minimum absolute atomic E-state index is 0.197. The molecular formula is C11H15N3O2. The number of hydrogen-bond donors (Lipinski definition) is 2. The molecule has 1 aliphatic carbocycles. The molecule has 16 heavy (non-hydrogen) atoms. The highest BCUT2D eigenvalue weighted by atomic mass is 16.2. The van der Waals surface area contributed by atoms with Crippen molar-refractivity contribution in [2.24, 2.45) is 5.73 Å². The lowest BCUT2D eigenvalue weighted by Crippen LogP contribution is -2.39. The maximum Gasteiger partial charge on any atom is 0.259 e. The first kappa shape index (κ1) is 10.9. The van der Waals surface area contributed by atoms with Crippen LogP contribution in [0.25, 0.3) is 0 Å². The molecular weight excluding hydrogens is 206 g/mol. The second kappa shape index (κ2) is 4.49. The van der Waals surface area contributed by atoms with Crippen molar-refractivity contribution in [2.45, 2.75) is 18.9 Å². The van der Waals surface area contributed by atoms with Gasteiger partial charge in [0, 0.05) is 37.6 Å². The van der Waals surface area contributed by atoms with Crippen LogP contribution in [0.2, 0.25) is 0 Å². The smallest absolute Gasteiger partial charge is 0.259 e. The molecule has 1 fully saturated rings. The summed E-state index contributed by atoms with van der Waals surface area (Å²) in [7, 11) is 0. The summed E-state index contributed by atoms with van der Waals surface area (Å²) in [6.07, 6.45) is 4.99. The monoisotopic (exact) mass is 221 g/mol. The van der Waals surface area contributed by atoms with Crippen LogP contribution in [-0.4, -0.2) is 34.9 Å². The van der Waals surface area contributed by atoms with Crippen LogP contribution in [0.4, 0.5) is 0 Å². The number of nitrogens with zero attached hydrogens (tertiary/aromatic N) is 1. The second-order valence-electron chi connectivity index (χ2n) is 3.94. The van der Waals surface area contributed by atoms with Crippen molar-refractivity contribution >= 4 is 5.91 Å². The minimum atomic E-state index is -0.244. The van der Waals surface area contributed by atoms with Gasteiger partial charge in [0.1, 0.15) is 5.56 Å². The maximum atomic E-state index is 12.1. The summed E-state index contributed by atoms with van der Waals surface area (Å²) < 4.78 is 0. The summed E-state index contributed by atoms with van der Waals surface area (Å²) in [6, 6.07) is 1.64. The lowest BCUT2D eigenvalue weighted by molar-refractivity contribution is 0.0746. The van der Waals surface area contributed by atoms with E-state index in [-0.39, 0.29) is 22.9 Å². The molecule has 0 radical (unpaired) electrons. The molecule has 1 aromatic heterocycles. The van der Waals surface area contributed by atoms with E-state index in [1.165, 1.54) is 18.5 Å². The molecule has 0 aromatic carbocycles. The van der Waals surface area contributed by atoms with E-state index in [1.54, 1.807) is 4.90 Å². The number of nitrogens with two attached hydrogens (primary N) is 1. The number of pyridine rings is 1. The topological polar surface area (TPSA) is 79.2 Å². The van der Waals surface area contributed by atoms with Crippen LogP contribution < -0.4 is 11.2 Å². The largest absolute Gasteiger partial charge is 0.367 e. The Morgan fingerprint density at radius 3 is 2.88 bits per heavy atom. The molecule has 0 bridgehead atoms. The van der Waals surface area contributed by atoms with Gasteiger partial charge in [0.15, 0.2) is 5.43 Å². The number of H-pyrrole nitrogens is 1. The van der Waals surface area contributed by atoms with E-state index in [0.717, 1.165) is 12.8 Å². The summed E-state index contributed by atoms with van der Waals surface area (Å²) in [5.41, 5.74) is 5.42. The summed E-state index contributed by atoms with van der Waals surface area (Å²) in [5.74, 6) is -0.213. The van der Waals surface area contributed by atoms with Crippen LogP contribution in [0.5, 0.6) is 0 Å². The fraction of sp³-hybridized carbons (Fsp3) is 0.455. The van der Waals surface area contributed by atoms with Gasteiger partial charge in [-0.05, 0) is 12.8 Å². The highest BCUT2D eigenvalue weighted by Crippen LogP contribution is 2.27. The predicted molar refractivity (Wildman–Crippen MR) is 60.2 cm³/mol. The normalized spacial score (nSPS) is 14.8. The van der Waals surface area contributed by atoms with E-state index in [1.807, 2.05) is 0 Å². The molecule has 0 spiro atoms. The Bertz CT molecular complexity index is 437. The molecule has 1 aliphatic rings. The second-order valence-corrected chi connectivity index (χ2v) is 3.94. The summed E-state index contributed by atoms with van der Waals surface area (Å²) >= 11 is 0. The van der Waals surface area contributed by atoms with Crippen molar-refractivity contribution in [2.75, 3.05) is 13.1 Å². The highest BCUT2D eigenvalue weighted by Gasteiger charge is 2.33. The Kier molecular flexibility index (Phi) is 3.05. The number of carbonyl (C=O) groups is 1. The van der Waals surface area contributed by atoms with E-state index >= 15 is 0 Å². The minimum Gasteiger partial charge on any atom is -0.367 e. The van der Waals surface area contributed by atoms with Crippen molar-refractivity contribution < 1.29 is 4.79 Å². The highest BCUT2D eigenvalue weighted by molar-refractivity contribution is 5.94. The van der Waals surface area contributed by atoms with Crippen LogP contribution in [0.1, 0.15) is 23.2 Å². The first-order valence-electron chi connectivity index (χ1n) is 5.42. The standard InChI is InChI=1S/C11H15N3O2/c12-4-6-14(8-1-2-8)11(16)9-7-13-5-3-10(9)15/h3,5,7-8H,1-2,4,6,12H2,(H,13,15). The van der Waals surface area contributed by atoms with E-state index < -0.39 is 0 Å². The number of aromatic nitrogens is 1. The van der Waals surface area contributed by atoms with Gasteiger partial charge in [0.2, 0.25) is 0 Å². The van der Waals surface area contributed by atoms with Crippen LogP contribution >= 0.6 is 0 Å². The van der Waals surface area contributed by atoms with Gasteiger partial charge in [-0.15, -0.1) is 0 Å². The Balaban J connectivity index is 2.22. The molecule has 2 rings (SSSR count). The van der Waals surface area contributed by atoms with Gasteiger partial charge in [-0.25, -0.2) is 0 Å². The van der Waals surface area contributed by atoms with Gasteiger partial charge in [-0.3, -0.25) is 9.59 Å². The molecule has 1 amide bonds. The zero-order valence-corrected chi connectivity index (χ0v) is 8.98. The first-order chi connectivity index (χ1) is 7.74. The molecule has 1 heterocycles. The molecule has 3 N–H and O–H groups in total. The van der Waals surface area contributed by atoms with Gasteiger partial charge in [0.25, 0.3) is 5.91 Å². The van der Waals surface area contributed by atoms with Crippen LogP contribution in [0.15, 0.2) is 23.3 Å². The van der Waals surface area contributed by atoms with Crippen LogP contribution in [0.3, 0.4) is 0 Å². The van der Waals surface area contributed by atoms with Crippen molar-refractivity contribution in [3.05, 3.63) is 34.2 Å². The lowest BCUT2D eigenvalue weighted by Gasteiger charge is -2.21. The molecule has 5 nitrogen and oxygen atoms in total. The van der Waals surface area contributed by atoms with Gasteiger partial charge in [-0.2, -0.15) is 0 Å². The SMILES string of the molecule is NCCN(C(=O)c1c[nH]ccc1=O)C1CC1. The molecule has 86 valence electrons. The molecule has 0 saturated heterocycles. The number of aromatic amines is 1. The third-order valence-corrected chi connectivity index (χ3v) is 2.67. The molecule has 0 atom stereocenters. The third kappa shape index (κ3) is 2.14. The zero-order chi connectivity index (χ0) is 11.5. The van der Waals surface area contributed by atoms with Crippen LogP contribution in [-0.2, 0) is 0 Å². The van der Waals surface area contributed by atoms with Crippen LogP contribution in [0, 0.1) is 0 Å². The van der Waals surface area contributed by atoms with E-state index in [0.29, 0.717) is 13.1 Å². The molecule has 5 heteroatoms. The van der Waals surface area contributed by atoms with Gasteiger partial charge in [-0.1, -0.05) is 0 Å². The fourth-order valence-electron chi connectivity index (χ4n) is 1.71. The zero-order valence-electron chi connectivity index (χ0n) is 8.98. The Morgan fingerprint density at radius 1 is 1.56 bits per heavy atom.